The Morgan fingerprint density at radius 3 is 2.27 bits per heavy atom. The molecular formula is C18H17F3N2O3. The van der Waals surface area contributed by atoms with Gasteiger partial charge in [-0.05, 0) is 19.1 Å². The van der Waals surface area contributed by atoms with Crippen molar-refractivity contribution < 1.29 is 27.5 Å². The van der Waals surface area contributed by atoms with Crippen molar-refractivity contribution in [1.82, 2.24) is 5.32 Å². The zero-order chi connectivity index (χ0) is 19.2. The van der Waals surface area contributed by atoms with E-state index < -0.39 is 29.8 Å². The Balaban J connectivity index is 2.33. The van der Waals surface area contributed by atoms with Gasteiger partial charge in [-0.2, -0.15) is 13.2 Å². The molecule has 0 saturated heterocycles. The summed E-state index contributed by atoms with van der Waals surface area (Å²) in [6.45, 7) is 1.62. The van der Waals surface area contributed by atoms with Crippen LogP contribution in [0.25, 0.3) is 0 Å². The van der Waals surface area contributed by atoms with E-state index in [2.05, 4.69) is 10.6 Å². The van der Waals surface area contributed by atoms with Crippen LogP contribution in [-0.2, 0) is 10.9 Å². The minimum absolute atomic E-state index is 0.0528. The van der Waals surface area contributed by atoms with Crippen LogP contribution in [0.15, 0.2) is 54.6 Å². The SMILES string of the molecule is CCOC(=O)N[C@@H](Nc1ccccc1C(F)(F)F)C(=O)c1ccccc1. The number of carbonyl (C=O) groups excluding carboxylic acids is 2. The first-order valence-electron chi connectivity index (χ1n) is 7.78. The van der Waals surface area contributed by atoms with Gasteiger partial charge in [-0.3, -0.25) is 10.1 Å². The highest BCUT2D eigenvalue weighted by Crippen LogP contribution is 2.34. The highest BCUT2D eigenvalue weighted by Gasteiger charge is 2.34. The van der Waals surface area contributed by atoms with Crippen molar-refractivity contribution in [3.05, 3.63) is 65.7 Å². The molecule has 2 aromatic rings. The fourth-order valence-electron chi connectivity index (χ4n) is 2.24. The Morgan fingerprint density at radius 2 is 1.65 bits per heavy atom. The van der Waals surface area contributed by atoms with Crippen molar-refractivity contribution in [3.63, 3.8) is 0 Å². The molecule has 0 heterocycles. The first-order chi connectivity index (χ1) is 12.3. The van der Waals surface area contributed by atoms with Gasteiger partial charge in [-0.15, -0.1) is 0 Å². The van der Waals surface area contributed by atoms with Gasteiger partial charge < -0.3 is 10.1 Å². The van der Waals surface area contributed by atoms with Crippen molar-refractivity contribution in [2.45, 2.75) is 19.3 Å². The Hall–Kier alpha value is -3.03. The number of halogens is 3. The van der Waals surface area contributed by atoms with Gasteiger partial charge in [0.05, 0.1) is 12.2 Å². The number of ether oxygens (including phenoxy) is 1. The quantitative estimate of drug-likeness (QED) is 0.597. The van der Waals surface area contributed by atoms with E-state index in [1.807, 2.05) is 0 Å². The summed E-state index contributed by atoms with van der Waals surface area (Å²) in [6.07, 6.45) is -6.97. The van der Waals surface area contributed by atoms with Crippen LogP contribution >= 0.6 is 0 Å². The molecule has 0 bridgehead atoms. The number of nitrogens with one attached hydrogen (secondary N) is 2. The van der Waals surface area contributed by atoms with Crippen molar-refractivity contribution >= 4 is 17.6 Å². The molecule has 0 unspecified atom stereocenters. The van der Waals surface area contributed by atoms with E-state index in [4.69, 9.17) is 4.74 Å². The number of benzene rings is 2. The zero-order valence-corrected chi connectivity index (χ0v) is 13.8. The average Bonchev–Trinajstić information content (AvgIpc) is 2.61. The van der Waals surface area contributed by atoms with Gasteiger partial charge in [0.1, 0.15) is 0 Å². The van der Waals surface area contributed by atoms with E-state index in [1.165, 1.54) is 30.3 Å². The Morgan fingerprint density at radius 1 is 1.04 bits per heavy atom. The molecule has 0 aliphatic rings. The van der Waals surface area contributed by atoms with E-state index >= 15 is 0 Å². The third-order valence-corrected chi connectivity index (χ3v) is 3.39. The molecule has 8 heteroatoms. The summed E-state index contributed by atoms with van der Waals surface area (Å²) >= 11 is 0. The number of ketones is 1. The second-order valence-corrected chi connectivity index (χ2v) is 5.22. The first kappa shape index (κ1) is 19.3. The van der Waals surface area contributed by atoms with E-state index in [9.17, 15) is 22.8 Å². The predicted molar refractivity (Wildman–Crippen MR) is 89.8 cm³/mol. The van der Waals surface area contributed by atoms with E-state index in [0.717, 1.165) is 6.07 Å². The number of Topliss-reactive ketones (excluding diaryl/α,β-unsaturated/α-hetero) is 1. The Bertz CT molecular complexity index is 764. The number of alkyl halides is 3. The fraction of sp³-hybridized carbons (Fsp3) is 0.222. The first-order valence-corrected chi connectivity index (χ1v) is 7.78. The summed E-state index contributed by atoms with van der Waals surface area (Å²) in [6, 6.07) is 12.6. The normalized spacial score (nSPS) is 12.2. The Kier molecular flexibility index (Phi) is 6.21. The lowest BCUT2D eigenvalue weighted by Crippen LogP contribution is -2.46. The lowest BCUT2D eigenvalue weighted by Gasteiger charge is -2.22. The third-order valence-electron chi connectivity index (χ3n) is 3.39. The van der Waals surface area contributed by atoms with Crippen LogP contribution in [0.5, 0.6) is 0 Å². The molecule has 1 amide bonds. The molecule has 0 aromatic heterocycles. The average molecular weight is 366 g/mol. The van der Waals surface area contributed by atoms with Crippen LogP contribution in [0.4, 0.5) is 23.7 Å². The monoisotopic (exact) mass is 366 g/mol. The molecule has 0 aliphatic heterocycles. The molecular weight excluding hydrogens is 349 g/mol. The lowest BCUT2D eigenvalue weighted by molar-refractivity contribution is -0.137. The molecule has 5 nitrogen and oxygen atoms in total. The van der Waals surface area contributed by atoms with Crippen LogP contribution < -0.4 is 10.6 Å². The number of rotatable bonds is 6. The van der Waals surface area contributed by atoms with E-state index in [-0.39, 0.29) is 17.9 Å². The molecule has 0 aliphatic carbocycles. The van der Waals surface area contributed by atoms with E-state index in [0.29, 0.717) is 0 Å². The summed E-state index contributed by atoms with van der Waals surface area (Å²) in [5.74, 6) is -0.601. The number of para-hydroxylation sites is 1. The Labute approximate surface area is 148 Å². The van der Waals surface area contributed by atoms with Gasteiger partial charge in [0.25, 0.3) is 0 Å². The van der Waals surface area contributed by atoms with Crippen molar-refractivity contribution in [3.8, 4) is 0 Å². The molecule has 0 fully saturated rings. The van der Waals surface area contributed by atoms with Crippen LogP contribution in [0, 0.1) is 0 Å². The minimum Gasteiger partial charge on any atom is -0.450 e. The molecule has 0 spiro atoms. The van der Waals surface area contributed by atoms with Gasteiger partial charge >= 0.3 is 12.3 Å². The summed E-state index contributed by atoms with van der Waals surface area (Å²) in [4.78, 5) is 24.3. The third kappa shape index (κ3) is 4.98. The number of amides is 1. The summed E-state index contributed by atoms with van der Waals surface area (Å²) in [5.41, 5.74) is -1.05. The number of hydrogen-bond donors (Lipinski definition) is 2. The second-order valence-electron chi connectivity index (χ2n) is 5.22. The fourth-order valence-corrected chi connectivity index (χ4v) is 2.24. The van der Waals surface area contributed by atoms with Gasteiger partial charge in [-0.25, -0.2) is 4.79 Å². The molecule has 2 N–H and O–H groups in total. The summed E-state index contributed by atoms with van der Waals surface area (Å²) in [5, 5.41) is 4.71. The van der Waals surface area contributed by atoms with E-state index in [1.54, 1.807) is 25.1 Å². The lowest BCUT2D eigenvalue weighted by atomic mass is 10.1. The highest BCUT2D eigenvalue weighted by molar-refractivity contribution is 6.02. The molecule has 2 rings (SSSR count). The van der Waals surface area contributed by atoms with Crippen molar-refractivity contribution in [1.29, 1.82) is 0 Å². The number of anilines is 1. The molecule has 138 valence electrons. The zero-order valence-electron chi connectivity index (χ0n) is 13.8. The molecule has 0 radical (unpaired) electrons. The number of carbonyl (C=O) groups is 2. The minimum atomic E-state index is -4.62. The van der Waals surface area contributed by atoms with Crippen LogP contribution in [-0.4, -0.2) is 24.6 Å². The van der Waals surface area contributed by atoms with Crippen LogP contribution in [0.2, 0.25) is 0 Å². The highest BCUT2D eigenvalue weighted by atomic mass is 19.4. The van der Waals surface area contributed by atoms with Gasteiger partial charge in [0.15, 0.2) is 6.17 Å². The maximum absolute atomic E-state index is 13.2. The van der Waals surface area contributed by atoms with Gasteiger partial charge in [0, 0.05) is 11.3 Å². The van der Waals surface area contributed by atoms with Gasteiger partial charge in [-0.1, -0.05) is 42.5 Å². The number of hydrogen-bond acceptors (Lipinski definition) is 4. The van der Waals surface area contributed by atoms with Gasteiger partial charge in [0.2, 0.25) is 5.78 Å². The smallest absolute Gasteiger partial charge is 0.418 e. The molecule has 26 heavy (non-hydrogen) atoms. The predicted octanol–water partition coefficient (Wildman–Crippen LogP) is 4.07. The second kappa shape index (κ2) is 8.37. The summed E-state index contributed by atoms with van der Waals surface area (Å²) < 4.78 is 44.2. The molecule has 0 saturated carbocycles. The van der Waals surface area contributed by atoms with Crippen molar-refractivity contribution in [2.24, 2.45) is 0 Å². The summed E-state index contributed by atoms with van der Waals surface area (Å²) in [7, 11) is 0. The van der Waals surface area contributed by atoms with Crippen LogP contribution in [0.1, 0.15) is 22.8 Å². The molecule has 2 aromatic carbocycles. The topological polar surface area (TPSA) is 67.4 Å². The maximum Gasteiger partial charge on any atom is 0.418 e. The maximum atomic E-state index is 13.2. The number of alkyl carbamates (subject to hydrolysis) is 1. The standard InChI is InChI=1S/C18H17F3N2O3/c1-2-26-17(25)23-16(15(24)12-8-4-3-5-9-12)22-14-11-7-6-10-13(14)18(19,20)21/h3-11,16,22H,2H2,1H3,(H,23,25)/t16-/m1/s1. The molecule has 1 atom stereocenters. The largest absolute Gasteiger partial charge is 0.450 e. The van der Waals surface area contributed by atoms with Crippen molar-refractivity contribution in [2.75, 3.05) is 11.9 Å². The van der Waals surface area contributed by atoms with Crippen LogP contribution in [0.3, 0.4) is 0 Å².